The quantitative estimate of drug-likeness (QED) is 0.295. The van der Waals surface area contributed by atoms with E-state index < -0.39 is 0 Å². The normalized spacial score (nSPS) is 16.0. The van der Waals surface area contributed by atoms with E-state index in [0.29, 0.717) is 6.54 Å². The number of halogens is 1. The highest BCUT2D eigenvalue weighted by molar-refractivity contribution is 14.0. The average molecular weight is 435 g/mol. The molecule has 0 atom stereocenters. The molecule has 1 aromatic heterocycles. The molecule has 2 rings (SSSR count). The number of ether oxygens (including phenoxy) is 1. The number of hydrogen-bond acceptors (Lipinski definition) is 3. The van der Waals surface area contributed by atoms with Gasteiger partial charge in [0.25, 0.3) is 0 Å². The molecule has 1 aliphatic heterocycles. The van der Waals surface area contributed by atoms with Gasteiger partial charge in [-0.3, -0.25) is 4.90 Å². The van der Waals surface area contributed by atoms with Crippen LogP contribution in [-0.2, 0) is 18.3 Å². The highest BCUT2D eigenvalue weighted by atomic mass is 127. The molecule has 0 aromatic carbocycles. The fraction of sp³-hybridized carbons (Fsp3) is 0.688. The second kappa shape index (κ2) is 11.7. The molecule has 0 unspecified atom stereocenters. The first-order valence-corrected chi connectivity index (χ1v) is 8.21. The zero-order chi connectivity index (χ0) is 15.6. The lowest BCUT2D eigenvalue weighted by molar-refractivity contribution is 0.0376. The van der Waals surface area contributed by atoms with Gasteiger partial charge in [0.2, 0.25) is 0 Å². The van der Waals surface area contributed by atoms with Crippen LogP contribution in [0.25, 0.3) is 0 Å². The summed E-state index contributed by atoms with van der Waals surface area (Å²) in [5.41, 5.74) is 1.23. The molecule has 0 radical (unpaired) electrons. The highest BCUT2D eigenvalue weighted by Crippen LogP contribution is 2.01. The summed E-state index contributed by atoms with van der Waals surface area (Å²) in [6.07, 6.45) is 5.27. The molecular formula is C16H30IN5O. The van der Waals surface area contributed by atoms with E-state index in [1.54, 1.807) is 0 Å². The number of nitrogens with one attached hydrogen (secondary N) is 2. The summed E-state index contributed by atoms with van der Waals surface area (Å²) < 4.78 is 7.41. The second-order valence-electron chi connectivity index (χ2n) is 5.61. The van der Waals surface area contributed by atoms with Crippen molar-refractivity contribution >= 4 is 29.9 Å². The summed E-state index contributed by atoms with van der Waals surface area (Å²) in [6.45, 7) is 9.59. The zero-order valence-corrected chi connectivity index (χ0v) is 16.6. The van der Waals surface area contributed by atoms with Crippen LogP contribution in [0.5, 0.6) is 0 Å². The van der Waals surface area contributed by atoms with Crippen molar-refractivity contribution in [1.82, 2.24) is 20.1 Å². The minimum atomic E-state index is 0. The van der Waals surface area contributed by atoms with Crippen LogP contribution < -0.4 is 10.6 Å². The fourth-order valence-electron chi connectivity index (χ4n) is 2.50. The smallest absolute Gasteiger partial charge is 0.191 e. The van der Waals surface area contributed by atoms with E-state index in [-0.39, 0.29) is 24.0 Å². The molecule has 0 spiro atoms. The summed E-state index contributed by atoms with van der Waals surface area (Å²) in [4.78, 5) is 7.09. The van der Waals surface area contributed by atoms with Crippen molar-refractivity contribution in [3.8, 4) is 0 Å². The molecule has 1 fully saturated rings. The predicted octanol–water partition coefficient (Wildman–Crippen LogP) is 1.42. The van der Waals surface area contributed by atoms with Gasteiger partial charge in [-0.1, -0.05) is 0 Å². The molecule has 0 saturated carbocycles. The van der Waals surface area contributed by atoms with Crippen LogP contribution >= 0.6 is 24.0 Å². The van der Waals surface area contributed by atoms with Gasteiger partial charge in [-0.05, 0) is 31.5 Å². The topological polar surface area (TPSA) is 53.8 Å². The molecule has 1 aromatic rings. The van der Waals surface area contributed by atoms with E-state index in [1.165, 1.54) is 5.56 Å². The van der Waals surface area contributed by atoms with Crippen LogP contribution in [0.1, 0.15) is 18.9 Å². The minimum absolute atomic E-state index is 0. The number of hydrogen-bond donors (Lipinski definition) is 2. The van der Waals surface area contributed by atoms with Gasteiger partial charge in [0.05, 0.1) is 19.8 Å². The molecule has 7 heteroatoms. The Hall–Kier alpha value is -0.800. The van der Waals surface area contributed by atoms with Gasteiger partial charge in [0, 0.05) is 45.6 Å². The second-order valence-corrected chi connectivity index (χ2v) is 5.61. The number of morpholine rings is 1. The van der Waals surface area contributed by atoms with Crippen molar-refractivity contribution in [2.75, 3.05) is 45.9 Å². The van der Waals surface area contributed by atoms with Crippen molar-refractivity contribution in [2.24, 2.45) is 12.0 Å². The monoisotopic (exact) mass is 435 g/mol. The first-order chi connectivity index (χ1) is 10.8. The molecule has 132 valence electrons. The molecule has 1 aliphatic rings. The Kier molecular flexibility index (Phi) is 10.3. The largest absolute Gasteiger partial charge is 0.379 e. The first-order valence-electron chi connectivity index (χ1n) is 8.21. The van der Waals surface area contributed by atoms with Crippen molar-refractivity contribution in [3.05, 3.63) is 24.0 Å². The third-order valence-electron chi connectivity index (χ3n) is 3.70. The molecule has 0 aliphatic carbocycles. The lowest BCUT2D eigenvalue weighted by Crippen LogP contribution is -2.40. The fourth-order valence-corrected chi connectivity index (χ4v) is 2.50. The van der Waals surface area contributed by atoms with E-state index in [1.807, 2.05) is 17.8 Å². The molecule has 1 saturated heterocycles. The molecule has 2 heterocycles. The Bertz CT molecular complexity index is 457. The van der Waals surface area contributed by atoms with Crippen molar-refractivity contribution in [2.45, 2.75) is 19.9 Å². The summed E-state index contributed by atoms with van der Waals surface area (Å²) in [7, 11) is 2.03. The summed E-state index contributed by atoms with van der Waals surface area (Å²) in [5.74, 6) is 0.897. The van der Waals surface area contributed by atoms with Gasteiger partial charge in [-0.2, -0.15) is 0 Å². The van der Waals surface area contributed by atoms with E-state index in [4.69, 9.17) is 4.74 Å². The van der Waals surface area contributed by atoms with Crippen LogP contribution in [0.4, 0.5) is 0 Å². The van der Waals surface area contributed by atoms with E-state index in [2.05, 4.69) is 39.7 Å². The summed E-state index contributed by atoms with van der Waals surface area (Å²) in [5, 5.41) is 6.71. The molecule has 2 N–H and O–H groups in total. The standard InChI is InChI=1S/C16H29N5O.HI/c1-3-17-16(19-13-15-5-8-20(2)14-15)18-6-4-7-21-9-11-22-12-10-21;/h5,8,14H,3-4,6-7,9-13H2,1-2H3,(H2,17,18,19);1H. The van der Waals surface area contributed by atoms with Gasteiger partial charge in [-0.15, -0.1) is 24.0 Å². The molecule has 0 bridgehead atoms. The Morgan fingerprint density at radius 3 is 2.74 bits per heavy atom. The van der Waals surface area contributed by atoms with Crippen LogP contribution in [0.15, 0.2) is 23.5 Å². The molecule has 0 amide bonds. The van der Waals surface area contributed by atoms with Crippen LogP contribution in [0.2, 0.25) is 0 Å². The number of guanidine groups is 1. The Morgan fingerprint density at radius 1 is 1.30 bits per heavy atom. The average Bonchev–Trinajstić information content (AvgIpc) is 2.95. The molecular weight excluding hydrogens is 405 g/mol. The van der Waals surface area contributed by atoms with E-state index >= 15 is 0 Å². The van der Waals surface area contributed by atoms with Gasteiger partial charge >= 0.3 is 0 Å². The Morgan fingerprint density at radius 2 is 2.09 bits per heavy atom. The summed E-state index contributed by atoms with van der Waals surface area (Å²) in [6, 6.07) is 2.10. The van der Waals surface area contributed by atoms with Gasteiger partial charge in [0.15, 0.2) is 5.96 Å². The number of aliphatic imine (C=N–C) groups is 1. The van der Waals surface area contributed by atoms with Crippen LogP contribution in [0, 0.1) is 0 Å². The third kappa shape index (κ3) is 8.03. The number of aromatic nitrogens is 1. The number of nitrogens with zero attached hydrogens (tertiary/aromatic N) is 3. The maximum atomic E-state index is 5.36. The summed E-state index contributed by atoms with van der Waals surface area (Å²) >= 11 is 0. The van der Waals surface area contributed by atoms with Crippen LogP contribution in [0.3, 0.4) is 0 Å². The lowest BCUT2D eigenvalue weighted by Gasteiger charge is -2.26. The van der Waals surface area contributed by atoms with E-state index in [0.717, 1.165) is 58.3 Å². The Labute approximate surface area is 156 Å². The maximum Gasteiger partial charge on any atom is 0.191 e. The van der Waals surface area contributed by atoms with Crippen molar-refractivity contribution in [1.29, 1.82) is 0 Å². The number of aryl methyl sites for hydroxylation is 1. The highest BCUT2D eigenvalue weighted by Gasteiger charge is 2.09. The SMILES string of the molecule is CCNC(=NCc1ccn(C)c1)NCCCN1CCOCC1.I. The zero-order valence-electron chi connectivity index (χ0n) is 14.3. The number of rotatable bonds is 7. The van der Waals surface area contributed by atoms with Gasteiger partial charge in [0.1, 0.15) is 0 Å². The maximum absolute atomic E-state index is 5.36. The third-order valence-corrected chi connectivity index (χ3v) is 3.70. The van der Waals surface area contributed by atoms with Gasteiger partial charge < -0.3 is 19.9 Å². The molecule has 23 heavy (non-hydrogen) atoms. The van der Waals surface area contributed by atoms with Crippen LogP contribution in [-0.4, -0.2) is 61.4 Å². The first kappa shape index (κ1) is 20.2. The molecule has 6 nitrogen and oxygen atoms in total. The van der Waals surface area contributed by atoms with Crippen molar-refractivity contribution < 1.29 is 4.74 Å². The Balaban J connectivity index is 0.00000264. The lowest BCUT2D eigenvalue weighted by atomic mass is 10.3. The van der Waals surface area contributed by atoms with Gasteiger partial charge in [-0.25, -0.2) is 4.99 Å². The minimum Gasteiger partial charge on any atom is -0.379 e. The predicted molar refractivity (Wildman–Crippen MR) is 106 cm³/mol. The van der Waals surface area contributed by atoms with Crippen molar-refractivity contribution in [3.63, 3.8) is 0 Å². The van der Waals surface area contributed by atoms with E-state index in [9.17, 15) is 0 Å².